The van der Waals surface area contributed by atoms with E-state index in [9.17, 15) is 0 Å². The van der Waals surface area contributed by atoms with E-state index in [0.29, 0.717) is 6.04 Å². The summed E-state index contributed by atoms with van der Waals surface area (Å²) >= 11 is 3.38. The molecule has 0 saturated carbocycles. The van der Waals surface area contributed by atoms with Crippen LogP contribution in [0.4, 0.5) is 0 Å². The van der Waals surface area contributed by atoms with Gasteiger partial charge in [0.05, 0.1) is 5.69 Å². The lowest BCUT2D eigenvalue weighted by Gasteiger charge is -2.10. The van der Waals surface area contributed by atoms with Crippen molar-refractivity contribution in [3.05, 3.63) is 24.5 Å². The number of aromatic nitrogens is 2. The first-order chi connectivity index (χ1) is 5.66. The minimum Gasteiger partial charge on any atom is -0.263 e. The number of hydrogen-bond acceptors (Lipinski definition) is 1. The van der Waals surface area contributed by atoms with Crippen LogP contribution in [0.15, 0.2) is 18.8 Å². The average molecular weight is 229 g/mol. The number of rotatable bonds is 3. The lowest BCUT2D eigenvalue weighted by molar-refractivity contribution is 0.527. The first kappa shape index (κ1) is 9.52. The van der Waals surface area contributed by atoms with Crippen LogP contribution in [0.1, 0.15) is 25.6 Å². The standard InChI is InChI=1S/C9H13BrN2/c1-7(2)12-9(4-5-11-12)8(3)6-10/h4-5,7H,3,6H2,1-2H3. The molecule has 0 spiro atoms. The van der Waals surface area contributed by atoms with Gasteiger partial charge in [-0.3, -0.25) is 4.68 Å². The molecule has 12 heavy (non-hydrogen) atoms. The van der Waals surface area contributed by atoms with E-state index >= 15 is 0 Å². The second-order valence-corrected chi connectivity index (χ2v) is 3.55. The second kappa shape index (κ2) is 3.90. The highest BCUT2D eigenvalue weighted by Crippen LogP contribution is 2.17. The predicted molar refractivity (Wildman–Crippen MR) is 55.4 cm³/mol. The fourth-order valence-corrected chi connectivity index (χ4v) is 1.36. The molecule has 0 radical (unpaired) electrons. The van der Waals surface area contributed by atoms with Gasteiger partial charge in [0.15, 0.2) is 0 Å². The summed E-state index contributed by atoms with van der Waals surface area (Å²) in [6.45, 7) is 8.17. The summed E-state index contributed by atoms with van der Waals surface area (Å²) < 4.78 is 1.98. The Kier molecular flexibility index (Phi) is 3.09. The van der Waals surface area contributed by atoms with E-state index in [1.165, 1.54) is 0 Å². The summed E-state index contributed by atoms with van der Waals surface area (Å²) in [6.07, 6.45) is 1.81. The van der Waals surface area contributed by atoms with E-state index in [1.54, 1.807) is 0 Å². The molecule has 0 N–H and O–H groups in total. The Bertz CT molecular complexity index is 276. The largest absolute Gasteiger partial charge is 0.263 e. The van der Waals surface area contributed by atoms with Gasteiger partial charge in [-0.05, 0) is 25.5 Å². The summed E-state index contributed by atoms with van der Waals surface area (Å²) in [5.74, 6) is 0. The monoisotopic (exact) mass is 228 g/mol. The summed E-state index contributed by atoms with van der Waals surface area (Å²) in [5, 5.41) is 5.02. The van der Waals surface area contributed by atoms with Gasteiger partial charge in [-0.1, -0.05) is 22.5 Å². The molecular formula is C9H13BrN2. The molecular weight excluding hydrogens is 216 g/mol. The van der Waals surface area contributed by atoms with E-state index in [4.69, 9.17) is 0 Å². The Hall–Kier alpha value is -0.570. The Balaban J connectivity index is 2.99. The molecule has 0 saturated heterocycles. The van der Waals surface area contributed by atoms with Crippen molar-refractivity contribution in [3.8, 4) is 0 Å². The number of alkyl halides is 1. The first-order valence-electron chi connectivity index (χ1n) is 3.94. The molecule has 0 unspecified atom stereocenters. The quantitative estimate of drug-likeness (QED) is 0.728. The predicted octanol–water partition coefficient (Wildman–Crippen LogP) is 2.87. The third kappa shape index (κ3) is 1.78. The molecule has 1 aromatic heterocycles. The fourth-order valence-electron chi connectivity index (χ4n) is 1.07. The molecule has 0 aliphatic rings. The van der Waals surface area contributed by atoms with Gasteiger partial charge < -0.3 is 0 Å². The molecule has 1 rings (SSSR count). The van der Waals surface area contributed by atoms with Crippen LogP contribution in [0.5, 0.6) is 0 Å². The third-order valence-corrected chi connectivity index (χ3v) is 2.36. The Morgan fingerprint density at radius 1 is 1.75 bits per heavy atom. The van der Waals surface area contributed by atoms with Crippen LogP contribution in [0.3, 0.4) is 0 Å². The summed E-state index contributed by atoms with van der Waals surface area (Å²) in [6, 6.07) is 2.38. The van der Waals surface area contributed by atoms with Crippen molar-refractivity contribution >= 4 is 21.5 Å². The van der Waals surface area contributed by atoms with Crippen LogP contribution >= 0.6 is 15.9 Å². The van der Waals surface area contributed by atoms with E-state index in [2.05, 4.69) is 41.5 Å². The Labute approximate surface area is 81.4 Å². The van der Waals surface area contributed by atoms with Crippen LogP contribution < -0.4 is 0 Å². The lowest BCUT2D eigenvalue weighted by atomic mass is 10.2. The maximum Gasteiger partial charge on any atom is 0.0647 e. The molecule has 2 nitrogen and oxygen atoms in total. The highest BCUT2D eigenvalue weighted by atomic mass is 79.9. The van der Waals surface area contributed by atoms with Crippen molar-refractivity contribution in [1.29, 1.82) is 0 Å². The van der Waals surface area contributed by atoms with E-state index in [-0.39, 0.29) is 0 Å². The smallest absolute Gasteiger partial charge is 0.0647 e. The molecule has 3 heteroatoms. The topological polar surface area (TPSA) is 17.8 Å². The van der Waals surface area contributed by atoms with Crippen LogP contribution in [0.2, 0.25) is 0 Å². The Morgan fingerprint density at radius 3 is 2.92 bits per heavy atom. The molecule has 1 aromatic rings. The van der Waals surface area contributed by atoms with Gasteiger partial charge in [-0.25, -0.2) is 0 Å². The third-order valence-electron chi connectivity index (χ3n) is 1.68. The lowest BCUT2D eigenvalue weighted by Crippen LogP contribution is -2.06. The minimum absolute atomic E-state index is 0.394. The number of halogens is 1. The molecule has 0 fully saturated rings. The highest BCUT2D eigenvalue weighted by molar-refractivity contribution is 9.09. The first-order valence-corrected chi connectivity index (χ1v) is 5.06. The second-order valence-electron chi connectivity index (χ2n) is 2.99. The Morgan fingerprint density at radius 2 is 2.42 bits per heavy atom. The summed E-state index contributed by atoms with van der Waals surface area (Å²) in [7, 11) is 0. The van der Waals surface area contributed by atoms with Gasteiger partial charge in [0.2, 0.25) is 0 Å². The molecule has 66 valence electrons. The van der Waals surface area contributed by atoms with Crippen molar-refractivity contribution < 1.29 is 0 Å². The van der Waals surface area contributed by atoms with Gasteiger partial charge in [0.25, 0.3) is 0 Å². The molecule has 0 bridgehead atoms. The number of hydrogen-bond donors (Lipinski definition) is 0. The zero-order valence-corrected chi connectivity index (χ0v) is 9.00. The number of nitrogens with zero attached hydrogens (tertiary/aromatic N) is 2. The SMILES string of the molecule is C=C(CBr)c1ccnn1C(C)C. The highest BCUT2D eigenvalue weighted by Gasteiger charge is 2.07. The number of allylic oxidation sites excluding steroid dienone is 1. The van der Waals surface area contributed by atoms with Crippen LogP contribution in [-0.2, 0) is 0 Å². The van der Waals surface area contributed by atoms with Crippen LogP contribution in [-0.4, -0.2) is 15.1 Å². The van der Waals surface area contributed by atoms with E-state index in [0.717, 1.165) is 16.6 Å². The van der Waals surface area contributed by atoms with E-state index < -0.39 is 0 Å². The molecule has 0 aliphatic heterocycles. The molecule has 1 heterocycles. The maximum absolute atomic E-state index is 4.22. The summed E-state index contributed by atoms with van der Waals surface area (Å²) in [5.41, 5.74) is 2.18. The van der Waals surface area contributed by atoms with Crippen LogP contribution in [0, 0.1) is 0 Å². The van der Waals surface area contributed by atoms with Crippen molar-refractivity contribution in [3.63, 3.8) is 0 Å². The zero-order valence-electron chi connectivity index (χ0n) is 7.42. The molecule has 0 amide bonds. The van der Waals surface area contributed by atoms with Crippen molar-refractivity contribution in [2.24, 2.45) is 0 Å². The maximum atomic E-state index is 4.22. The molecule has 0 atom stereocenters. The zero-order chi connectivity index (χ0) is 9.14. The van der Waals surface area contributed by atoms with E-state index in [1.807, 2.05) is 16.9 Å². The summed E-state index contributed by atoms with van der Waals surface area (Å²) in [4.78, 5) is 0. The van der Waals surface area contributed by atoms with Gasteiger partial charge in [0.1, 0.15) is 0 Å². The van der Waals surface area contributed by atoms with Gasteiger partial charge >= 0.3 is 0 Å². The molecule has 0 aliphatic carbocycles. The van der Waals surface area contributed by atoms with Crippen molar-refractivity contribution in [1.82, 2.24) is 9.78 Å². The van der Waals surface area contributed by atoms with Crippen molar-refractivity contribution in [2.45, 2.75) is 19.9 Å². The van der Waals surface area contributed by atoms with Gasteiger partial charge in [-0.2, -0.15) is 5.10 Å². The average Bonchev–Trinajstić information content (AvgIpc) is 2.50. The van der Waals surface area contributed by atoms with Crippen LogP contribution in [0.25, 0.3) is 5.57 Å². The minimum atomic E-state index is 0.394. The van der Waals surface area contributed by atoms with Gasteiger partial charge in [-0.15, -0.1) is 0 Å². The molecule has 0 aromatic carbocycles. The fraction of sp³-hybridized carbons (Fsp3) is 0.444. The van der Waals surface area contributed by atoms with Crippen molar-refractivity contribution in [2.75, 3.05) is 5.33 Å². The normalized spacial score (nSPS) is 10.7. The van der Waals surface area contributed by atoms with Gasteiger partial charge in [0, 0.05) is 17.6 Å².